The summed E-state index contributed by atoms with van der Waals surface area (Å²) in [7, 11) is 0. The van der Waals surface area contributed by atoms with Crippen molar-refractivity contribution in [3.8, 4) is 0 Å². The topological polar surface area (TPSA) is 23.5 Å². The molecule has 1 atom stereocenters. The fraction of sp³-hybridized carbons (Fsp3) is 1.00. The second-order valence-corrected chi connectivity index (χ2v) is 4.41. The minimum absolute atomic E-state index is 0.400. The molecule has 2 heteroatoms. The highest BCUT2D eigenvalue weighted by molar-refractivity contribution is 4.79. The molecule has 1 N–H and O–H groups in total. The zero-order valence-corrected chi connectivity index (χ0v) is 7.80. The first-order chi connectivity index (χ1) is 5.02. The Labute approximate surface area is 69.2 Å². The quantitative estimate of drug-likeness (QED) is 0.582. The van der Waals surface area contributed by atoms with Crippen LogP contribution in [0.3, 0.4) is 0 Å². The maximum Gasteiger partial charge on any atom is 0.0268 e. The van der Waals surface area contributed by atoms with Gasteiger partial charge in [-0.3, -0.25) is 0 Å². The van der Waals surface area contributed by atoms with Crippen molar-refractivity contribution in [3.05, 3.63) is 0 Å². The van der Waals surface area contributed by atoms with Crippen LogP contribution in [0.2, 0.25) is 0 Å². The van der Waals surface area contributed by atoms with E-state index in [1.165, 1.54) is 11.5 Å². The Kier molecular flexibility index (Phi) is 2.55. The van der Waals surface area contributed by atoms with Gasteiger partial charge in [0, 0.05) is 13.1 Å². The van der Waals surface area contributed by atoms with Crippen molar-refractivity contribution in [2.24, 2.45) is 11.3 Å². The van der Waals surface area contributed by atoms with Crippen molar-refractivity contribution < 1.29 is 5.21 Å². The van der Waals surface area contributed by atoms with Crippen LogP contribution in [0, 0.1) is 11.3 Å². The molecular formula is C9H19NO. The van der Waals surface area contributed by atoms with E-state index in [4.69, 9.17) is 0 Å². The molecule has 0 aromatic carbocycles. The molecule has 0 bridgehead atoms. The second-order valence-electron chi connectivity index (χ2n) is 4.41. The van der Waals surface area contributed by atoms with E-state index in [9.17, 15) is 5.21 Å². The Hall–Kier alpha value is -0.0800. The molecule has 1 fully saturated rings. The van der Waals surface area contributed by atoms with Crippen LogP contribution in [0.4, 0.5) is 0 Å². The van der Waals surface area contributed by atoms with Crippen LogP contribution in [0.1, 0.15) is 33.6 Å². The third kappa shape index (κ3) is 2.17. The zero-order chi connectivity index (χ0) is 8.48. The molecule has 11 heavy (non-hydrogen) atoms. The highest BCUT2D eigenvalue weighted by Gasteiger charge is 2.29. The average Bonchev–Trinajstić information content (AvgIpc) is 1.94. The van der Waals surface area contributed by atoms with Crippen molar-refractivity contribution in [2.45, 2.75) is 33.6 Å². The monoisotopic (exact) mass is 157 g/mol. The smallest absolute Gasteiger partial charge is 0.0268 e. The minimum atomic E-state index is 0.400. The first kappa shape index (κ1) is 9.01. The van der Waals surface area contributed by atoms with Crippen molar-refractivity contribution in [1.82, 2.24) is 5.06 Å². The lowest BCUT2D eigenvalue weighted by molar-refractivity contribution is -0.0988. The van der Waals surface area contributed by atoms with Crippen LogP contribution in [0.25, 0.3) is 0 Å². The molecule has 0 aliphatic carbocycles. The molecule has 1 aliphatic heterocycles. The van der Waals surface area contributed by atoms with Gasteiger partial charge in [0.15, 0.2) is 0 Å². The van der Waals surface area contributed by atoms with Crippen LogP contribution in [0.5, 0.6) is 0 Å². The molecule has 0 radical (unpaired) electrons. The van der Waals surface area contributed by atoms with E-state index in [0.717, 1.165) is 19.5 Å². The summed E-state index contributed by atoms with van der Waals surface area (Å²) >= 11 is 0. The summed E-state index contributed by atoms with van der Waals surface area (Å²) in [6.45, 7) is 8.46. The highest BCUT2D eigenvalue weighted by atomic mass is 16.5. The zero-order valence-electron chi connectivity index (χ0n) is 7.80. The molecule has 1 saturated heterocycles. The molecule has 0 aromatic rings. The van der Waals surface area contributed by atoms with E-state index in [0.29, 0.717) is 11.3 Å². The van der Waals surface area contributed by atoms with Gasteiger partial charge >= 0.3 is 0 Å². The average molecular weight is 157 g/mol. The molecule has 66 valence electrons. The molecule has 0 saturated carbocycles. The summed E-state index contributed by atoms with van der Waals surface area (Å²) in [5, 5.41) is 10.8. The van der Waals surface area contributed by atoms with Crippen molar-refractivity contribution in [2.75, 3.05) is 13.1 Å². The molecule has 1 rings (SSSR count). The van der Waals surface area contributed by atoms with Gasteiger partial charge in [-0.05, 0) is 24.2 Å². The Morgan fingerprint density at radius 1 is 1.45 bits per heavy atom. The van der Waals surface area contributed by atoms with Crippen LogP contribution in [-0.2, 0) is 0 Å². The lowest BCUT2D eigenvalue weighted by Gasteiger charge is -2.29. The van der Waals surface area contributed by atoms with Crippen molar-refractivity contribution in [3.63, 3.8) is 0 Å². The lowest BCUT2D eigenvalue weighted by atomic mass is 9.77. The van der Waals surface area contributed by atoms with Gasteiger partial charge < -0.3 is 5.21 Å². The second kappa shape index (κ2) is 3.11. The molecular weight excluding hydrogens is 138 g/mol. The summed E-state index contributed by atoms with van der Waals surface area (Å²) in [6.07, 6.45) is 2.35. The van der Waals surface area contributed by atoms with Gasteiger partial charge in [0.1, 0.15) is 0 Å². The molecule has 0 unspecified atom stereocenters. The molecule has 1 heterocycles. The first-order valence-electron chi connectivity index (χ1n) is 4.46. The maximum atomic E-state index is 9.33. The van der Waals surface area contributed by atoms with E-state index < -0.39 is 0 Å². The number of rotatable bonds is 0. The summed E-state index contributed by atoms with van der Waals surface area (Å²) in [5.74, 6) is 0.593. The molecule has 0 amide bonds. The highest BCUT2D eigenvalue weighted by Crippen LogP contribution is 2.34. The minimum Gasteiger partial charge on any atom is -0.314 e. The van der Waals surface area contributed by atoms with E-state index in [1.807, 2.05) is 0 Å². The molecule has 1 aliphatic rings. The third-order valence-corrected chi connectivity index (χ3v) is 3.06. The van der Waals surface area contributed by atoms with Gasteiger partial charge in [0.25, 0.3) is 0 Å². The largest absolute Gasteiger partial charge is 0.314 e. The van der Waals surface area contributed by atoms with Gasteiger partial charge in [-0.2, -0.15) is 5.06 Å². The van der Waals surface area contributed by atoms with Crippen molar-refractivity contribution >= 4 is 0 Å². The number of hydroxylamine groups is 2. The number of nitrogens with zero attached hydrogens (tertiary/aromatic N) is 1. The Bertz CT molecular complexity index is 134. The normalized spacial score (nSPS) is 33.3. The number of hydrogen-bond donors (Lipinski definition) is 1. The van der Waals surface area contributed by atoms with Gasteiger partial charge in [-0.1, -0.05) is 20.8 Å². The predicted molar refractivity (Wildman–Crippen MR) is 45.5 cm³/mol. The molecule has 2 nitrogen and oxygen atoms in total. The Morgan fingerprint density at radius 2 is 2.09 bits per heavy atom. The SMILES string of the molecule is C[C@H]1CN(O)CCCC1(C)C. The summed E-state index contributed by atoms with van der Waals surface area (Å²) in [4.78, 5) is 0. The Morgan fingerprint density at radius 3 is 2.73 bits per heavy atom. The van der Waals surface area contributed by atoms with Crippen molar-refractivity contribution in [1.29, 1.82) is 0 Å². The Balaban J connectivity index is 2.58. The number of hydrogen-bond acceptors (Lipinski definition) is 2. The molecule has 0 aromatic heterocycles. The third-order valence-electron chi connectivity index (χ3n) is 3.06. The van der Waals surface area contributed by atoms with E-state index >= 15 is 0 Å². The van der Waals surface area contributed by atoms with Gasteiger partial charge in [-0.15, -0.1) is 0 Å². The maximum absolute atomic E-state index is 9.33. The van der Waals surface area contributed by atoms with E-state index in [1.54, 1.807) is 0 Å². The predicted octanol–water partition coefficient (Wildman–Crippen LogP) is 2.13. The lowest BCUT2D eigenvalue weighted by Crippen LogP contribution is -2.29. The van der Waals surface area contributed by atoms with Gasteiger partial charge in [0.05, 0.1) is 0 Å². The molecule has 0 spiro atoms. The summed E-state index contributed by atoms with van der Waals surface area (Å²) < 4.78 is 0. The van der Waals surface area contributed by atoms with E-state index in [2.05, 4.69) is 20.8 Å². The fourth-order valence-corrected chi connectivity index (χ4v) is 1.62. The van der Waals surface area contributed by atoms with Crippen LogP contribution in [-0.4, -0.2) is 23.4 Å². The first-order valence-corrected chi connectivity index (χ1v) is 4.46. The summed E-state index contributed by atoms with van der Waals surface area (Å²) in [6, 6.07) is 0. The summed E-state index contributed by atoms with van der Waals surface area (Å²) in [5.41, 5.74) is 0.400. The van der Waals surface area contributed by atoms with E-state index in [-0.39, 0.29) is 0 Å². The standard InChI is InChI=1S/C9H19NO/c1-8-7-10(11)6-4-5-9(8,2)3/h8,11H,4-7H2,1-3H3/t8-/m0/s1. The van der Waals surface area contributed by atoms with Crippen LogP contribution < -0.4 is 0 Å². The van der Waals surface area contributed by atoms with Gasteiger partial charge in [0.2, 0.25) is 0 Å². The van der Waals surface area contributed by atoms with Gasteiger partial charge in [-0.25, -0.2) is 0 Å². The van der Waals surface area contributed by atoms with Crippen LogP contribution >= 0.6 is 0 Å². The fourth-order valence-electron chi connectivity index (χ4n) is 1.62. The van der Waals surface area contributed by atoms with Crippen LogP contribution in [0.15, 0.2) is 0 Å².